The van der Waals surface area contributed by atoms with Crippen molar-refractivity contribution in [2.24, 2.45) is 11.8 Å². The molecule has 1 aromatic carbocycles. The Morgan fingerprint density at radius 2 is 2.22 bits per heavy atom. The quantitative estimate of drug-likeness (QED) is 0.495. The van der Waals surface area contributed by atoms with Crippen LogP contribution in [0.25, 0.3) is 0 Å². The molecule has 1 aromatic rings. The van der Waals surface area contributed by atoms with Gasteiger partial charge in [-0.25, -0.2) is 0 Å². The van der Waals surface area contributed by atoms with Gasteiger partial charge in [-0.3, -0.25) is 11.3 Å². The average molecular weight is 331 g/mol. The minimum Gasteiger partial charge on any atom is -0.381 e. The molecule has 1 aliphatic heterocycles. The van der Waals surface area contributed by atoms with Crippen molar-refractivity contribution in [2.75, 3.05) is 19.0 Å². The number of rotatable bonds is 5. The van der Waals surface area contributed by atoms with Crippen LogP contribution < -0.4 is 11.3 Å². The van der Waals surface area contributed by atoms with E-state index in [2.05, 4.69) is 45.6 Å². The van der Waals surface area contributed by atoms with Crippen LogP contribution in [0.15, 0.2) is 33.6 Å². The Balaban J connectivity index is 1.84. The second-order valence-corrected chi connectivity index (χ2v) is 6.52. The zero-order valence-corrected chi connectivity index (χ0v) is 12.7. The molecular formula is C13H19BrN2OS. The van der Waals surface area contributed by atoms with E-state index >= 15 is 0 Å². The molecule has 1 saturated heterocycles. The summed E-state index contributed by atoms with van der Waals surface area (Å²) < 4.78 is 6.63. The van der Waals surface area contributed by atoms with E-state index in [0.717, 1.165) is 29.9 Å². The summed E-state index contributed by atoms with van der Waals surface area (Å²) in [5.41, 5.74) is 2.94. The van der Waals surface area contributed by atoms with E-state index < -0.39 is 0 Å². The van der Waals surface area contributed by atoms with E-state index in [1.54, 1.807) is 0 Å². The van der Waals surface area contributed by atoms with Gasteiger partial charge in [0.25, 0.3) is 0 Å². The summed E-state index contributed by atoms with van der Waals surface area (Å²) in [5.74, 6) is 7.18. The van der Waals surface area contributed by atoms with Crippen LogP contribution in [0.5, 0.6) is 0 Å². The summed E-state index contributed by atoms with van der Waals surface area (Å²) in [7, 11) is 0. The van der Waals surface area contributed by atoms with Crippen molar-refractivity contribution >= 4 is 27.7 Å². The molecule has 3 nitrogen and oxygen atoms in total. The molecule has 1 fully saturated rings. The molecule has 1 heterocycles. The van der Waals surface area contributed by atoms with Crippen LogP contribution in [0.4, 0.5) is 0 Å². The molecule has 0 aliphatic carbocycles. The summed E-state index contributed by atoms with van der Waals surface area (Å²) in [6.07, 6.45) is 2.35. The van der Waals surface area contributed by atoms with Gasteiger partial charge in [0, 0.05) is 27.8 Å². The third-order valence-corrected chi connectivity index (χ3v) is 4.88. The minimum atomic E-state index is 0.318. The molecule has 0 saturated carbocycles. The predicted molar refractivity (Wildman–Crippen MR) is 79.5 cm³/mol. The number of hydrazine groups is 1. The van der Waals surface area contributed by atoms with Gasteiger partial charge in [-0.05, 0) is 43.0 Å². The largest absolute Gasteiger partial charge is 0.381 e. The molecule has 0 amide bonds. The van der Waals surface area contributed by atoms with Crippen molar-refractivity contribution in [2.45, 2.75) is 23.8 Å². The molecule has 0 bridgehead atoms. The lowest BCUT2D eigenvalue weighted by Gasteiger charge is -2.29. The first-order chi connectivity index (χ1) is 8.79. The first-order valence-electron chi connectivity index (χ1n) is 6.22. The number of halogens is 1. The molecule has 0 radical (unpaired) electrons. The van der Waals surface area contributed by atoms with E-state index in [4.69, 9.17) is 10.6 Å². The van der Waals surface area contributed by atoms with Gasteiger partial charge < -0.3 is 4.74 Å². The maximum absolute atomic E-state index is 5.67. The van der Waals surface area contributed by atoms with Crippen LogP contribution >= 0.6 is 27.7 Å². The fourth-order valence-electron chi connectivity index (χ4n) is 2.12. The van der Waals surface area contributed by atoms with Crippen LogP contribution in [-0.4, -0.2) is 25.0 Å². The van der Waals surface area contributed by atoms with E-state index in [1.165, 1.54) is 11.3 Å². The van der Waals surface area contributed by atoms with Gasteiger partial charge in [-0.1, -0.05) is 15.9 Å². The first-order valence-corrected chi connectivity index (χ1v) is 7.99. The highest BCUT2D eigenvalue weighted by Crippen LogP contribution is 2.25. The third-order valence-electron chi connectivity index (χ3n) is 3.22. The van der Waals surface area contributed by atoms with Gasteiger partial charge >= 0.3 is 0 Å². The Labute approximate surface area is 121 Å². The molecule has 5 heteroatoms. The maximum atomic E-state index is 5.67. The zero-order valence-electron chi connectivity index (χ0n) is 10.3. The topological polar surface area (TPSA) is 47.3 Å². The SMILES string of the molecule is NNC(CSc1ccc(Br)cc1)C1CCCOC1. The maximum Gasteiger partial charge on any atom is 0.0509 e. The third kappa shape index (κ3) is 4.24. The molecule has 3 N–H and O–H groups in total. The number of benzene rings is 1. The summed E-state index contributed by atoms with van der Waals surface area (Å²) in [6, 6.07) is 8.70. The van der Waals surface area contributed by atoms with Crippen molar-refractivity contribution in [1.29, 1.82) is 0 Å². The van der Waals surface area contributed by atoms with Crippen molar-refractivity contribution in [3.05, 3.63) is 28.7 Å². The molecule has 0 aromatic heterocycles. The van der Waals surface area contributed by atoms with Gasteiger partial charge in [0.05, 0.1) is 6.61 Å². The van der Waals surface area contributed by atoms with Crippen LogP contribution in [0.2, 0.25) is 0 Å². The molecule has 2 rings (SSSR count). The summed E-state index contributed by atoms with van der Waals surface area (Å²) in [4.78, 5) is 1.27. The predicted octanol–water partition coefficient (Wildman–Crippen LogP) is 2.80. The number of thioether (sulfide) groups is 1. The minimum absolute atomic E-state index is 0.318. The fraction of sp³-hybridized carbons (Fsp3) is 0.538. The molecule has 100 valence electrons. The molecule has 18 heavy (non-hydrogen) atoms. The molecule has 2 unspecified atom stereocenters. The Bertz CT molecular complexity index is 355. The summed E-state index contributed by atoms with van der Waals surface area (Å²) >= 11 is 5.28. The van der Waals surface area contributed by atoms with E-state index in [-0.39, 0.29) is 0 Å². The number of hydrogen-bond donors (Lipinski definition) is 2. The highest BCUT2D eigenvalue weighted by atomic mass is 79.9. The fourth-order valence-corrected chi connectivity index (χ4v) is 3.45. The smallest absolute Gasteiger partial charge is 0.0509 e. The molecule has 2 atom stereocenters. The number of nitrogens with one attached hydrogen (secondary N) is 1. The standard InChI is InChI=1S/C13H19BrN2OS/c14-11-3-5-12(6-4-11)18-9-13(16-15)10-2-1-7-17-8-10/h3-6,10,13,16H,1-2,7-9,15H2. The van der Waals surface area contributed by atoms with Crippen LogP contribution in [0.1, 0.15) is 12.8 Å². The Morgan fingerprint density at radius 3 is 2.83 bits per heavy atom. The number of nitrogens with two attached hydrogens (primary N) is 1. The lowest BCUT2D eigenvalue weighted by Crippen LogP contribution is -2.45. The molecular weight excluding hydrogens is 312 g/mol. The van der Waals surface area contributed by atoms with Gasteiger partial charge in [0.1, 0.15) is 0 Å². The Morgan fingerprint density at radius 1 is 1.44 bits per heavy atom. The summed E-state index contributed by atoms with van der Waals surface area (Å²) in [5, 5.41) is 0. The van der Waals surface area contributed by atoms with Crippen molar-refractivity contribution in [3.8, 4) is 0 Å². The van der Waals surface area contributed by atoms with Crippen LogP contribution in [-0.2, 0) is 4.74 Å². The van der Waals surface area contributed by atoms with Gasteiger partial charge in [0.15, 0.2) is 0 Å². The van der Waals surface area contributed by atoms with Crippen molar-refractivity contribution < 1.29 is 4.74 Å². The highest BCUT2D eigenvalue weighted by Gasteiger charge is 2.23. The Kier molecular flexibility index (Phi) is 5.98. The average Bonchev–Trinajstić information content (AvgIpc) is 2.43. The second-order valence-electron chi connectivity index (χ2n) is 4.52. The zero-order chi connectivity index (χ0) is 12.8. The summed E-state index contributed by atoms with van der Waals surface area (Å²) in [6.45, 7) is 1.73. The highest BCUT2D eigenvalue weighted by molar-refractivity contribution is 9.10. The molecule has 1 aliphatic rings. The number of hydrogen-bond acceptors (Lipinski definition) is 4. The Hall–Kier alpha value is -0.0700. The van der Waals surface area contributed by atoms with Gasteiger partial charge in [-0.15, -0.1) is 11.8 Å². The first kappa shape index (κ1) is 14.3. The van der Waals surface area contributed by atoms with Crippen LogP contribution in [0, 0.1) is 5.92 Å². The monoisotopic (exact) mass is 330 g/mol. The molecule has 0 spiro atoms. The lowest BCUT2D eigenvalue weighted by molar-refractivity contribution is 0.0427. The normalized spacial score (nSPS) is 21.8. The lowest BCUT2D eigenvalue weighted by atomic mass is 9.95. The van der Waals surface area contributed by atoms with E-state index in [9.17, 15) is 0 Å². The van der Waals surface area contributed by atoms with E-state index in [1.807, 2.05) is 11.8 Å². The van der Waals surface area contributed by atoms with Crippen molar-refractivity contribution in [1.82, 2.24) is 5.43 Å². The van der Waals surface area contributed by atoms with Gasteiger partial charge in [0.2, 0.25) is 0 Å². The van der Waals surface area contributed by atoms with Crippen molar-refractivity contribution in [3.63, 3.8) is 0 Å². The van der Waals surface area contributed by atoms with Crippen LogP contribution in [0.3, 0.4) is 0 Å². The van der Waals surface area contributed by atoms with E-state index in [0.29, 0.717) is 12.0 Å². The van der Waals surface area contributed by atoms with Gasteiger partial charge in [-0.2, -0.15) is 0 Å². The second kappa shape index (κ2) is 7.50. The number of ether oxygens (including phenoxy) is 1.